The molecule has 0 saturated heterocycles. The highest BCUT2D eigenvalue weighted by Crippen LogP contribution is 2.47. The van der Waals surface area contributed by atoms with Crippen LogP contribution in [-0.4, -0.2) is 22.1 Å². The van der Waals surface area contributed by atoms with Crippen LogP contribution in [0.1, 0.15) is 11.1 Å². The molecule has 2 rings (SSSR count). The average molecular weight is 326 g/mol. The molecular formula is C14H15O5PS. The van der Waals surface area contributed by atoms with Crippen molar-refractivity contribution in [3.63, 3.8) is 0 Å². The van der Waals surface area contributed by atoms with Gasteiger partial charge in [-0.1, -0.05) is 30.3 Å². The van der Waals surface area contributed by atoms with Gasteiger partial charge in [0.1, 0.15) is 0 Å². The highest BCUT2D eigenvalue weighted by atomic mass is 32.1. The molecule has 1 heterocycles. The summed E-state index contributed by atoms with van der Waals surface area (Å²) in [6.45, 7) is 0. The summed E-state index contributed by atoms with van der Waals surface area (Å²) in [4.78, 5) is 21.1. The van der Waals surface area contributed by atoms with E-state index < -0.39 is 19.7 Å². The third-order valence-electron chi connectivity index (χ3n) is 2.79. The lowest BCUT2D eigenvalue weighted by atomic mass is 10.1. The van der Waals surface area contributed by atoms with E-state index in [2.05, 4.69) is 0 Å². The summed E-state index contributed by atoms with van der Waals surface area (Å²) in [5.41, 5.74) is 1.40. The zero-order chi connectivity index (χ0) is 15.3. The molecule has 0 bridgehead atoms. The Balaban J connectivity index is 2.05. The molecule has 21 heavy (non-hydrogen) atoms. The van der Waals surface area contributed by atoms with Gasteiger partial charge in [-0.2, -0.15) is 11.3 Å². The lowest BCUT2D eigenvalue weighted by molar-refractivity contribution is -0.145. The molecule has 5 nitrogen and oxygen atoms in total. The van der Waals surface area contributed by atoms with Crippen LogP contribution in [0.15, 0.2) is 47.2 Å². The Hall–Kier alpha value is -1.46. The molecule has 7 heteroatoms. The maximum atomic E-state index is 12.1. The van der Waals surface area contributed by atoms with Gasteiger partial charge in [-0.15, -0.1) is 0 Å². The first-order valence-electron chi connectivity index (χ1n) is 6.24. The molecule has 0 aliphatic rings. The number of hydrogen-bond acceptors (Lipinski definition) is 4. The molecule has 0 saturated carbocycles. The van der Waals surface area contributed by atoms with Crippen molar-refractivity contribution in [2.24, 2.45) is 0 Å². The summed E-state index contributed by atoms with van der Waals surface area (Å²) in [5, 5.41) is 12.8. The summed E-state index contributed by atoms with van der Waals surface area (Å²) >= 11 is 1.43. The van der Waals surface area contributed by atoms with Crippen molar-refractivity contribution in [1.82, 2.24) is 0 Å². The van der Waals surface area contributed by atoms with Gasteiger partial charge in [-0.3, -0.25) is 9.09 Å². The van der Waals surface area contributed by atoms with Crippen LogP contribution in [0.2, 0.25) is 0 Å². The minimum Gasteiger partial charge on any atom is -0.479 e. The molecule has 112 valence electrons. The molecule has 0 amide bonds. The Morgan fingerprint density at radius 3 is 2.52 bits per heavy atom. The first-order chi connectivity index (χ1) is 9.96. The van der Waals surface area contributed by atoms with Gasteiger partial charge in [0, 0.05) is 6.42 Å². The SMILES string of the molecule is O=C(O)C(Cc1ccsc1)OP(=O)(O)Cc1ccccc1. The zero-order valence-electron chi connectivity index (χ0n) is 11.1. The standard InChI is InChI=1S/C14H15O5PS/c15-14(16)13(8-12-6-7-21-10-12)19-20(17,18)9-11-4-2-1-3-5-11/h1-7,10,13H,8-9H2,(H,15,16)(H,17,18). The van der Waals surface area contributed by atoms with Crippen molar-refractivity contribution in [3.05, 3.63) is 58.3 Å². The van der Waals surface area contributed by atoms with E-state index in [9.17, 15) is 14.3 Å². The predicted octanol–water partition coefficient (Wildman–Crippen LogP) is 3.15. The first kappa shape index (κ1) is 15.9. The molecule has 2 unspecified atom stereocenters. The van der Waals surface area contributed by atoms with Crippen molar-refractivity contribution in [2.75, 3.05) is 0 Å². The summed E-state index contributed by atoms with van der Waals surface area (Å²) in [6.07, 6.45) is -1.47. The number of carboxylic acid groups (broad SMARTS) is 1. The highest BCUT2D eigenvalue weighted by molar-refractivity contribution is 7.52. The molecule has 1 aromatic carbocycles. The highest BCUT2D eigenvalue weighted by Gasteiger charge is 2.30. The van der Waals surface area contributed by atoms with Gasteiger partial charge in [-0.05, 0) is 28.0 Å². The number of benzene rings is 1. The fraction of sp³-hybridized carbons (Fsp3) is 0.214. The molecule has 0 aliphatic heterocycles. The van der Waals surface area contributed by atoms with E-state index in [4.69, 9.17) is 9.63 Å². The minimum atomic E-state index is -4.02. The van der Waals surface area contributed by atoms with E-state index >= 15 is 0 Å². The van der Waals surface area contributed by atoms with Crippen LogP contribution in [0.5, 0.6) is 0 Å². The molecule has 0 radical (unpaired) electrons. The molecule has 0 fully saturated rings. The zero-order valence-corrected chi connectivity index (χ0v) is 12.8. The van der Waals surface area contributed by atoms with E-state index in [1.54, 1.807) is 41.8 Å². The van der Waals surface area contributed by atoms with Gasteiger partial charge in [-0.25, -0.2) is 4.79 Å². The van der Waals surface area contributed by atoms with Gasteiger partial charge < -0.3 is 10.00 Å². The van der Waals surface area contributed by atoms with Gasteiger partial charge in [0.05, 0.1) is 6.16 Å². The smallest absolute Gasteiger partial charge is 0.333 e. The number of carbonyl (C=O) groups is 1. The molecule has 0 aliphatic carbocycles. The van der Waals surface area contributed by atoms with Gasteiger partial charge >= 0.3 is 13.6 Å². The third kappa shape index (κ3) is 5.10. The van der Waals surface area contributed by atoms with E-state index in [1.807, 2.05) is 5.38 Å². The van der Waals surface area contributed by atoms with Crippen molar-refractivity contribution in [1.29, 1.82) is 0 Å². The summed E-state index contributed by atoms with van der Waals surface area (Å²) < 4.78 is 17.1. The molecule has 2 N–H and O–H groups in total. The van der Waals surface area contributed by atoms with E-state index in [0.29, 0.717) is 5.56 Å². The Bertz CT molecular complexity index is 626. The maximum absolute atomic E-state index is 12.1. The minimum absolute atomic E-state index is 0.0676. The van der Waals surface area contributed by atoms with Gasteiger partial charge in [0.25, 0.3) is 0 Å². The first-order valence-corrected chi connectivity index (χ1v) is 8.95. The quantitative estimate of drug-likeness (QED) is 0.764. The topological polar surface area (TPSA) is 83.8 Å². The van der Waals surface area contributed by atoms with Crippen molar-refractivity contribution >= 4 is 24.9 Å². The second kappa shape index (κ2) is 7.00. The fourth-order valence-corrected chi connectivity index (χ4v) is 3.83. The second-order valence-electron chi connectivity index (χ2n) is 4.55. The molecule has 2 atom stereocenters. The lowest BCUT2D eigenvalue weighted by Gasteiger charge is -2.18. The van der Waals surface area contributed by atoms with Crippen LogP contribution in [0.25, 0.3) is 0 Å². The number of hydrogen-bond donors (Lipinski definition) is 2. The molecule has 1 aromatic heterocycles. The Kier molecular flexibility index (Phi) is 5.31. The Morgan fingerprint density at radius 1 is 1.24 bits per heavy atom. The monoisotopic (exact) mass is 326 g/mol. The lowest BCUT2D eigenvalue weighted by Crippen LogP contribution is -2.25. The Labute approximate surface area is 126 Å². The van der Waals surface area contributed by atoms with E-state index in [1.165, 1.54) is 11.3 Å². The summed E-state index contributed by atoms with van der Waals surface area (Å²) in [6, 6.07) is 10.4. The predicted molar refractivity (Wildman–Crippen MR) is 80.5 cm³/mol. The maximum Gasteiger partial charge on any atom is 0.333 e. The van der Waals surface area contributed by atoms with E-state index in [-0.39, 0.29) is 12.6 Å². The van der Waals surface area contributed by atoms with Crippen molar-refractivity contribution in [3.8, 4) is 0 Å². The van der Waals surface area contributed by atoms with Gasteiger partial charge in [0.15, 0.2) is 6.10 Å². The fourth-order valence-electron chi connectivity index (χ4n) is 1.84. The number of thiophene rings is 1. The summed E-state index contributed by atoms with van der Waals surface area (Å²) in [5.74, 6) is -1.25. The van der Waals surface area contributed by atoms with Crippen molar-refractivity contribution < 1.29 is 23.9 Å². The normalized spacial score (nSPS) is 15.3. The average Bonchev–Trinajstić information content (AvgIpc) is 2.91. The number of rotatable bonds is 7. The van der Waals surface area contributed by atoms with Crippen molar-refractivity contribution in [2.45, 2.75) is 18.7 Å². The van der Waals surface area contributed by atoms with Crippen LogP contribution in [0.4, 0.5) is 0 Å². The van der Waals surface area contributed by atoms with Crippen LogP contribution in [0, 0.1) is 0 Å². The van der Waals surface area contributed by atoms with Gasteiger partial charge in [0.2, 0.25) is 0 Å². The number of aliphatic carboxylic acids is 1. The number of carboxylic acids is 1. The molecule has 2 aromatic rings. The van der Waals surface area contributed by atoms with Crippen LogP contribution >= 0.6 is 18.9 Å². The molecule has 0 spiro atoms. The third-order valence-corrected chi connectivity index (χ3v) is 4.87. The summed E-state index contributed by atoms with van der Waals surface area (Å²) in [7, 11) is -4.02. The van der Waals surface area contributed by atoms with Crippen LogP contribution < -0.4 is 0 Å². The van der Waals surface area contributed by atoms with Crippen LogP contribution in [0.3, 0.4) is 0 Å². The van der Waals surface area contributed by atoms with E-state index in [0.717, 1.165) is 5.56 Å². The Morgan fingerprint density at radius 2 is 1.95 bits per heavy atom. The largest absolute Gasteiger partial charge is 0.479 e. The molecular weight excluding hydrogens is 311 g/mol. The second-order valence-corrected chi connectivity index (χ2v) is 7.13. The van der Waals surface area contributed by atoms with Crippen LogP contribution in [-0.2, 0) is 26.5 Å².